The molecule has 0 amide bonds. The standard InChI is InChI=1S/C12H9ClFNO2/c13-7-5-8(14)9(15)6-12(7)17-11-4-2-1-3-10(11)16/h1-6,16H,15H2. The van der Waals surface area contributed by atoms with Crippen molar-refractivity contribution in [3.8, 4) is 17.2 Å². The van der Waals surface area contributed by atoms with Crippen LogP contribution < -0.4 is 10.5 Å². The molecule has 0 aromatic heterocycles. The molecule has 0 aliphatic rings. The summed E-state index contributed by atoms with van der Waals surface area (Å²) in [7, 11) is 0. The number of hydrogen-bond donors (Lipinski definition) is 2. The Labute approximate surface area is 102 Å². The highest BCUT2D eigenvalue weighted by molar-refractivity contribution is 6.32. The van der Waals surface area contributed by atoms with Crippen LogP contribution in [-0.4, -0.2) is 5.11 Å². The van der Waals surface area contributed by atoms with Gasteiger partial charge in [0, 0.05) is 6.07 Å². The summed E-state index contributed by atoms with van der Waals surface area (Å²) in [5, 5.41) is 9.60. The Balaban J connectivity index is 2.37. The van der Waals surface area contributed by atoms with Crippen LogP contribution in [0.15, 0.2) is 36.4 Å². The van der Waals surface area contributed by atoms with Crippen LogP contribution >= 0.6 is 11.6 Å². The normalized spacial score (nSPS) is 10.2. The van der Waals surface area contributed by atoms with Gasteiger partial charge in [0.15, 0.2) is 11.5 Å². The maximum absolute atomic E-state index is 13.1. The number of ether oxygens (including phenoxy) is 1. The lowest BCUT2D eigenvalue weighted by Gasteiger charge is -2.09. The molecule has 0 aliphatic carbocycles. The molecule has 3 N–H and O–H groups in total. The van der Waals surface area contributed by atoms with E-state index in [1.807, 2.05) is 0 Å². The molecule has 0 saturated carbocycles. The van der Waals surface area contributed by atoms with Crippen molar-refractivity contribution in [2.45, 2.75) is 0 Å². The number of phenolic OH excluding ortho intramolecular Hbond substituents is 1. The maximum atomic E-state index is 13.1. The lowest BCUT2D eigenvalue weighted by molar-refractivity contribution is 0.411. The van der Waals surface area contributed by atoms with Gasteiger partial charge in [0.25, 0.3) is 0 Å². The smallest absolute Gasteiger partial charge is 0.169 e. The van der Waals surface area contributed by atoms with Crippen LogP contribution in [0.3, 0.4) is 0 Å². The predicted octanol–water partition coefficient (Wildman–Crippen LogP) is 3.56. The summed E-state index contributed by atoms with van der Waals surface area (Å²) >= 11 is 5.80. The number of rotatable bonds is 2. The van der Waals surface area contributed by atoms with Crippen molar-refractivity contribution >= 4 is 17.3 Å². The molecule has 0 atom stereocenters. The fourth-order valence-corrected chi connectivity index (χ4v) is 1.47. The number of benzene rings is 2. The Kier molecular flexibility index (Phi) is 3.06. The van der Waals surface area contributed by atoms with E-state index in [2.05, 4.69) is 0 Å². The van der Waals surface area contributed by atoms with E-state index in [1.165, 1.54) is 12.1 Å². The molecule has 0 fully saturated rings. The number of anilines is 1. The third-order valence-corrected chi connectivity index (χ3v) is 2.43. The van der Waals surface area contributed by atoms with Crippen LogP contribution in [0.5, 0.6) is 17.2 Å². The van der Waals surface area contributed by atoms with Gasteiger partial charge < -0.3 is 15.6 Å². The lowest BCUT2D eigenvalue weighted by atomic mass is 10.3. The Morgan fingerprint density at radius 3 is 2.59 bits per heavy atom. The highest BCUT2D eigenvalue weighted by Crippen LogP contribution is 2.36. The van der Waals surface area contributed by atoms with E-state index in [9.17, 15) is 9.50 Å². The summed E-state index contributed by atoms with van der Waals surface area (Å²) in [5.74, 6) is -0.237. The molecule has 88 valence electrons. The maximum Gasteiger partial charge on any atom is 0.169 e. The number of halogens is 2. The number of para-hydroxylation sites is 2. The minimum atomic E-state index is -0.611. The van der Waals surface area contributed by atoms with Gasteiger partial charge in [-0.05, 0) is 18.2 Å². The van der Waals surface area contributed by atoms with Gasteiger partial charge in [0.1, 0.15) is 11.6 Å². The quantitative estimate of drug-likeness (QED) is 0.805. The van der Waals surface area contributed by atoms with E-state index in [4.69, 9.17) is 22.1 Å². The summed E-state index contributed by atoms with van der Waals surface area (Å²) in [4.78, 5) is 0. The first-order valence-electron chi connectivity index (χ1n) is 4.78. The molecule has 0 radical (unpaired) electrons. The largest absolute Gasteiger partial charge is 0.504 e. The molecular weight excluding hydrogens is 245 g/mol. The monoisotopic (exact) mass is 253 g/mol. The minimum Gasteiger partial charge on any atom is -0.504 e. The third-order valence-electron chi connectivity index (χ3n) is 2.14. The van der Waals surface area contributed by atoms with Crippen LogP contribution in [0.25, 0.3) is 0 Å². The lowest BCUT2D eigenvalue weighted by Crippen LogP contribution is -1.93. The van der Waals surface area contributed by atoms with Crippen LogP contribution in [-0.2, 0) is 0 Å². The van der Waals surface area contributed by atoms with Crippen LogP contribution in [0.2, 0.25) is 5.02 Å². The van der Waals surface area contributed by atoms with Gasteiger partial charge in [-0.1, -0.05) is 23.7 Å². The highest BCUT2D eigenvalue weighted by Gasteiger charge is 2.10. The summed E-state index contributed by atoms with van der Waals surface area (Å²) in [5.41, 5.74) is 5.34. The molecule has 0 bridgehead atoms. The molecule has 3 nitrogen and oxygen atoms in total. The van der Waals surface area contributed by atoms with Crippen LogP contribution in [0.1, 0.15) is 0 Å². The second-order valence-corrected chi connectivity index (χ2v) is 3.78. The van der Waals surface area contributed by atoms with Crippen molar-refractivity contribution in [2.24, 2.45) is 0 Å². The number of phenols is 1. The van der Waals surface area contributed by atoms with Crippen LogP contribution in [0, 0.1) is 5.82 Å². The van der Waals surface area contributed by atoms with Crippen molar-refractivity contribution in [3.63, 3.8) is 0 Å². The number of nitrogen functional groups attached to an aromatic ring is 1. The molecular formula is C12H9ClFNO2. The van der Waals surface area contributed by atoms with E-state index in [-0.39, 0.29) is 28.0 Å². The van der Waals surface area contributed by atoms with Crippen molar-refractivity contribution in [1.29, 1.82) is 0 Å². The topological polar surface area (TPSA) is 55.5 Å². The first-order valence-corrected chi connectivity index (χ1v) is 5.16. The minimum absolute atomic E-state index is 0.0357. The molecule has 17 heavy (non-hydrogen) atoms. The summed E-state index contributed by atoms with van der Waals surface area (Å²) in [6.07, 6.45) is 0. The molecule has 0 aliphatic heterocycles. The van der Waals surface area contributed by atoms with Gasteiger partial charge in [0.05, 0.1) is 10.7 Å². The average molecular weight is 254 g/mol. The molecule has 5 heteroatoms. The number of aromatic hydroxyl groups is 1. The second kappa shape index (κ2) is 4.51. The zero-order valence-corrected chi connectivity index (χ0v) is 9.41. The molecule has 0 saturated heterocycles. The van der Waals surface area contributed by atoms with Gasteiger partial charge in [0.2, 0.25) is 0 Å². The third kappa shape index (κ3) is 2.42. The Bertz CT molecular complexity index is 560. The van der Waals surface area contributed by atoms with E-state index in [0.717, 1.165) is 6.07 Å². The fourth-order valence-electron chi connectivity index (χ4n) is 1.28. The van der Waals surface area contributed by atoms with Gasteiger partial charge in [-0.15, -0.1) is 0 Å². The summed E-state index contributed by atoms with van der Waals surface area (Å²) in [6, 6.07) is 8.70. The van der Waals surface area contributed by atoms with Crippen molar-refractivity contribution in [1.82, 2.24) is 0 Å². The average Bonchev–Trinajstić information content (AvgIpc) is 2.29. The number of hydrogen-bond acceptors (Lipinski definition) is 3. The summed E-state index contributed by atoms with van der Waals surface area (Å²) in [6.45, 7) is 0. The zero-order valence-electron chi connectivity index (χ0n) is 8.65. The van der Waals surface area contributed by atoms with Gasteiger partial charge in [-0.25, -0.2) is 4.39 Å². The van der Waals surface area contributed by atoms with E-state index < -0.39 is 5.82 Å². The van der Waals surface area contributed by atoms with E-state index in [1.54, 1.807) is 18.2 Å². The molecule has 0 spiro atoms. The van der Waals surface area contributed by atoms with Crippen molar-refractivity contribution < 1.29 is 14.2 Å². The van der Waals surface area contributed by atoms with E-state index >= 15 is 0 Å². The molecule has 2 aromatic rings. The first kappa shape index (κ1) is 11.5. The Morgan fingerprint density at radius 1 is 1.18 bits per heavy atom. The second-order valence-electron chi connectivity index (χ2n) is 3.37. The molecule has 0 heterocycles. The van der Waals surface area contributed by atoms with Gasteiger partial charge >= 0.3 is 0 Å². The highest BCUT2D eigenvalue weighted by atomic mass is 35.5. The molecule has 0 unspecified atom stereocenters. The van der Waals surface area contributed by atoms with Crippen molar-refractivity contribution in [3.05, 3.63) is 47.2 Å². The molecule has 2 rings (SSSR count). The zero-order chi connectivity index (χ0) is 12.4. The van der Waals surface area contributed by atoms with Crippen LogP contribution in [0.4, 0.5) is 10.1 Å². The van der Waals surface area contributed by atoms with Crippen molar-refractivity contribution in [2.75, 3.05) is 5.73 Å². The van der Waals surface area contributed by atoms with Gasteiger partial charge in [-0.3, -0.25) is 0 Å². The fraction of sp³-hybridized carbons (Fsp3) is 0. The summed E-state index contributed by atoms with van der Waals surface area (Å²) < 4.78 is 18.4. The van der Waals surface area contributed by atoms with E-state index in [0.29, 0.717) is 0 Å². The molecule has 2 aromatic carbocycles. The Hall–Kier alpha value is -1.94. The Morgan fingerprint density at radius 2 is 1.88 bits per heavy atom. The SMILES string of the molecule is Nc1cc(Oc2ccccc2O)c(Cl)cc1F. The van der Waals surface area contributed by atoms with Gasteiger partial charge in [-0.2, -0.15) is 0 Å². The predicted molar refractivity (Wildman–Crippen MR) is 64.0 cm³/mol. The number of nitrogens with two attached hydrogens (primary N) is 1. The first-order chi connectivity index (χ1) is 8.08.